The number of furan rings is 1. The predicted octanol–water partition coefficient (Wildman–Crippen LogP) is 1.75. The molecule has 2 N–H and O–H groups in total. The van der Waals surface area contributed by atoms with Gasteiger partial charge in [0.1, 0.15) is 5.76 Å². The molecule has 0 saturated carbocycles. The van der Waals surface area contributed by atoms with Crippen molar-refractivity contribution >= 4 is 11.9 Å². The van der Waals surface area contributed by atoms with E-state index in [1.807, 2.05) is 12.1 Å². The number of methoxy groups -OCH3 is 2. The van der Waals surface area contributed by atoms with E-state index >= 15 is 0 Å². The van der Waals surface area contributed by atoms with Gasteiger partial charge in [0.25, 0.3) is 0 Å². The van der Waals surface area contributed by atoms with E-state index in [-0.39, 0.29) is 13.1 Å². The van der Waals surface area contributed by atoms with Gasteiger partial charge in [0.2, 0.25) is 5.91 Å². The van der Waals surface area contributed by atoms with Gasteiger partial charge in [-0.25, -0.2) is 4.79 Å². The first-order valence-electron chi connectivity index (χ1n) is 8.02. The van der Waals surface area contributed by atoms with Gasteiger partial charge < -0.3 is 19.2 Å². The number of nitrogens with one attached hydrogen (secondary N) is 2. The normalized spacial score (nSPS) is 10.5. The van der Waals surface area contributed by atoms with Crippen molar-refractivity contribution in [2.24, 2.45) is 0 Å². The molecule has 0 unspecified atom stereocenters. The van der Waals surface area contributed by atoms with Gasteiger partial charge in [0.05, 0.1) is 33.6 Å². The highest BCUT2D eigenvalue weighted by atomic mass is 16.5. The fourth-order valence-corrected chi connectivity index (χ4v) is 2.46. The first-order valence-corrected chi connectivity index (χ1v) is 8.02. The van der Waals surface area contributed by atoms with Crippen molar-refractivity contribution in [3.8, 4) is 11.5 Å². The van der Waals surface area contributed by atoms with Crippen LogP contribution in [0.15, 0.2) is 41.0 Å². The predicted molar refractivity (Wildman–Crippen MR) is 95.0 cm³/mol. The summed E-state index contributed by atoms with van der Waals surface area (Å²) in [5.74, 6) is 1.44. The van der Waals surface area contributed by atoms with E-state index in [1.165, 1.54) is 6.26 Å². The third kappa shape index (κ3) is 5.52. The van der Waals surface area contributed by atoms with Gasteiger partial charge in [0.15, 0.2) is 11.5 Å². The smallest absolute Gasteiger partial charge is 0.321 e. The van der Waals surface area contributed by atoms with Crippen LogP contribution in [0.25, 0.3) is 0 Å². The number of imide groups is 1. The van der Waals surface area contributed by atoms with E-state index in [2.05, 4.69) is 10.6 Å². The summed E-state index contributed by atoms with van der Waals surface area (Å²) in [6.45, 7) is 0.722. The van der Waals surface area contributed by atoms with Gasteiger partial charge in [-0.1, -0.05) is 12.1 Å². The highest BCUT2D eigenvalue weighted by Gasteiger charge is 2.14. The van der Waals surface area contributed by atoms with Gasteiger partial charge in [-0.15, -0.1) is 0 Å². The fourth-order valence-electron chi connectivity index (χ4n) is 2.46. The number of urea groups is 1. The topological polar surface area (TPSA) is 93.0 Å². The molecule has 0 radical (unpaired) electrons. The zero-order chi connectivity index (χ0) is 18.9. The molecule has 0 aliphatic carbocycles. The van der Waals surface area contributed by atoms with Crippen LogP contribution >= 0.6 is 0 Å². The third-order valence-corrected chi connectivity index (χ3v) is 3.59. The molecule has 0 aliphatic rings. The number of para-hydroxylation sites is 1. The fraction of sp³-hybridized carbons (Fsp3) is 0.333. The van der Waals surface area contributed by atoms with E-state index in [0.717, 1.165) is 5.56 Å². The van der Waals surface area contributed by atoms with Crippen LogP contribution in [0.5, 0.6) is 11.5 Å². The summed E-state index contributed by atoms with van der Waals surface area (Å²) in [5.41, 5.74) is 0.879. The summed E-state index contributed by atoms with van der Waals surface area (Å²) in [5, 5.41) is 4.83. The molecule has 0 aliphatic heterocycles. The first-order chi connectivity index (χ1) is 12.5. The van der Waals surface area contributed by atoms with Crippen molar-refractivity contribution in [2.75, 3.05) is 27.8 Å². The van der Waals surface area contributed by atoms with Crippen LogP contribution in [0.1, 0.15) is 11.3 Å². The summed E-state index contributed by atoms with van der Waals surface area (Å²) in [7, 11) is 4.91. The maximum atomic E-state index is 12.0. The molecule has 1 heterocycles. The second-order valence-electron chi connectivity index (χ2n) is 5.64. The second kappa shape index (κ2) is 9.47. The average Bonchev–Trinajstić information content (AvgIpc) is 3.13. The number of hydrogen-bond donors (Lipinski definition) is 2. The molecule has 8 heteroatoms. The van der Waals surface area contributed by atoms with Gasteiger partial charge >= 0.3 is 6.03 Å². The molecule has 3 amide bonds. The number of benzene rings is 1. The molecular formula is C18H23N3O5. The number of amides is 3. The standard InChI is InChI=1S/C18H23N3O5/c1-21(11-13-6-4-8-15(24-2)17(13)25-3)12-16(22)20-18(23)19-10-14-7-5-9-26-14/h4-9H,10-12H2,1-3H3,(H2,19,20,22,23). The number of likely N-dealkylation sites (N-methyl/N-ethyl adjacent to an activating group) is 1. The van der Waals surface area contributed by atoms with Gasteiger partial charge in [0, 0.05) is 12.1 Å². The Morgan fingerprint density at radius 1 is 1.15 bits per heavy atom. The van der Waals surface area contributed by atoms with Crippen LogP contribution in [0, 0.1) is 0 Å². The quantitative estimate of drug-likeness (QED) is 0.744. The zero-order valence-electron chi connectivity index (χ0n) is 15.1. The molecule has 2 aromatic rings. The summed E-state index contributed by atoms with van der Waals surface area (Å²) >= 11 is 0. The van der Waals surface area contributed by atoms with Gasteiger partial charge in [-0.05, 0) is 25.2 Å². The molecule has 26 heavy (non-hydrogen) atoms. The van der Waals surface area contributed by atoms with Crippen molar-refractivity contribution < 1.29 is 23.5 Å². The highest BCUT2D eigenvalue weighted by Crippen LogP contribution is 2.31. The molecule has 1 aromatic carbocycles. The monoisotopic (exact) mass is 361 g/mol. The number of nitrogens with zero attached hydrogens (tertiary/aromatic N) is 1. The lowest BCUT2D eigenvalue weighted by Crippen LogP contribution is -2.43. The van der Waals surface area contributed by atoms with Crippen LogP contribution in [0.3, 0.4) is 0 Å². The van der Waals surface area contributed by atoms with Crippen LogP contribution in [0.4, 0.5) is 4.79 Å². The molecule has 140 valence electrons. The molecule has 0 bridgehead atoms. The van der Waals surface area contributed by atoms with Crippen molar-refractivity contribution in [3.05, 3.63) is 47.9 Å². The lowest BCUT2D eigenvalue weighted by atomic mass is 10.1. The molecule has 0 saturated heterocycles. The Hall–Kier alpha value is -3.00. The second-order valence-corrected chi connectivity index (χ2v) is 5.64. The van der Waals surface area contributed by atoms with E-state index in [1.54, 1.807) is 44.4 Å². The Labute approximate surface area is 152 Å². The molecule has 0 atom stereocenters. The lowest BCUT2D eigenvalue weighted by Gasteiger charge is -2.19. The molecule has 2 rings (SSSR count). The Morgan fingerprint density at radius 3 is 2.62 bits per heavy atom. The van der Waals surface area contributed by atoms with Crippen molar-refractivity contribution in [1.29, 1.82) is 0 Å². The molecule has 0 spiro atoms. The molecule has 8 nitrogen and oxygen atoms in total. The molecule has 1 aromatic heterocycles. The van der Waals surface area contributed by atoms with Gasteiger partial charge in [-0.2, -0.15) is 0 Å². The van der Waals surface area contributed by atoms with E-state index < -0.39 is 11.9 Å². The molecule has 0 fully saturated rings. The minimum atomic E-state index is -0.571. The zero-order valence-corrected chi connectivity index (χ0v) is 15.1. The van der Waals surface area contributed by atoms with E-state index in [4.69, 9.17) is 13.9 Å². The summed E-state index contributed by atoms with van der Waals surface area (Å²) in [4.78, 5) is 25.5. The number of ether oxygens (including phenoxy) is 2. The Bertz CT molecular complexity index is 730. The van der Waals surface area contributed by atoms with Crippen molar-refractivity contribution in [2.45, 2.75) is 13.1 Å². The van der Waals surface area contributed by atoms with Crippen molar-refractivity contribution in [3.63, 3.8) is 0 Å². The Balaban J connectivity index is 1.82. The highest BCUT2D eigenvalue weighted by molar-refractivity contribution is 5.95. The number of carbonyl (C=O) groups excluding carboxylic acids is 2. The maximum absolute atomic E-state index is 12.0. The van der Waals surface area contributed by atoms with E-state index in [0.29, 0.717) is 23.8 Å². The minimum Gasteiger partial charge on any atom is -0.493 e. The molecular weight excluding hydrogens is 338 g/mol. The average molecular weight is 361 g/mol. The van der Waals surface area contributed by atoms with E-state index in [9.17, 15) is 9.59 Å². The number of carbonyl (C=O) groups is 2. The lowest BCUT2D eigenvalue weighted by molar-refractivity contribution is -0.121. The van der Waals surface area contributed by atoms with Crippen molar-refractivity contribution in [1.82, 2.24) is 15.5 Å². The number of hydrogen-bond acceptors (Lipinski definition) is 6. The summed E-state index contributed by atoms with van der Waals surface area (Å²) in [6.07, 6.45) is 1.52. The summed E-state index contributed by atoms with van der Waals surface area (Å²) in [6, 6.07) is 8.44. The SMILES string of the molecule is COc1cccc(CN(C)CC(=O)NC(=O)NCc2ccco2)c1OC. The van der Waals surface area contributed by atoms with Crippen LogP contribution in [-0.2, 0) is 17.9 Å². The van der Waals surface area contributed by atoms with Crippen LogP contribution in [-0.4, -0.2) is 44.7 Å². The first kappa shape index (κ1) is 19.3. The Morgan fingerprint density at radius 2 is 1.96 bits per heavy atom. The van der Waals surface area contributed by atoms with Crippen LogP contribution in [0.2, 0.25) is 0 Å². The minimum absolute atomic E-state index is 0.0501. The largest absolute Gasteiger partial charge is 0.493 e. The van der Waals surface area contributed by atoms with Crippen LogP contribution < -0.4 is 20.1 Å². The third-order valence-electron chi connectivity index (χ3n) is 3.59. The summed E-state index contributed by atoms with van der Waals surface area (Å²) < 4.78 is 15.7. The number of rotatable bonds is 8. The maximum Gasteiger partial charge on any atom is 0.321 e. The van der Waals surface area contributed by atoms with Gasteiger partial charge in [-0.3, -0.25) is 15.0 Å². The Kier molecular flexibility index (Phi) is 7.04.